The highest BCUT2D eigenvalue weighted by molar-refractivity contribution is 7.15. The molecule has 7 rings (SSSR count). The fourth-order valence-corrected chi connectivity index (χ4v) is 5.50. The van der Waals surface area contributed by atoms with Crippen molar-refractivity contribution in [2.24, 2.45) is 0 Å². The number of ether oxygens (including phenoxy) is 1. The first-order valence-electron chi connectivity index (χ1n) is 11.9. The van der Waals surface area contributed by atoms with Crippen LogP contribution in [0.4, 0.5) is 0 Å². The zero-order chi connectivity index (χ0) is 24.9. The third kappa shape index (κ3) is 3.80. The second-order valence-corrected chi connectivity index (χ2v) is 9.96. The lowest BCUT2D eigenvalue weighted by molar-refractivity contribution is 0.254. The second kappa shape index (κ2) is 8.49. The number of hydrogen-bond donors (Lipinski definition) is 0. The molecule has 1 aliphatic rings. The van der Waals surface area contributed by atoms with E-state index in [0.29, 0.717) is 15.3 Å². The number of thiazole rings is 1. The standard InChI is InChI=1S/C28H20N6O2S/c1-17-13-20-14-19(7-8-23(20)36-17)25-21(16-33(31-25)22-5-3-2-4-6-22)15-24-27(35)34-28(37-24)30-26(32-34)18-9-11-29-12-10-18/h2-12,14-17H,13H2,1H3/b24-15-. The molecule has 0 fully saturated rings. The van der Waals surface area contributed by atoms with Gasteiger partial charge in [0.2, 0.25) is 4.96 Å². The van der Waals surface area contributed by atoms with Crippen molar-refractivity contribution >= 4 is 22.4 Å². The average molecular weight is 505 g/mol. The summed E-state index contributed by atoms with van der Waals surface area (Å²) in [5.41, 5.74) is 5.32. The van der Waals surface area contributed by atoms with Crippen LogP contribution in [0, 0.1) is 0 Å². The van der Waals surface area contributed by atoms with Gasteiger partial charge in [0, 0.05) is 41.7 Å². The minimum atomic E-state index is -0.206. The van der Waals surface area contributed by atoms with Gasteiger partial charge in [0.25, 0.3) is 5.56 Å². The zero-order valence-electron chi connectivity index (χ0n) is 19.8. The summed E-state index contributed by atoms with van der Waals surface area (Å²) in [6.45, 7) is 2.07. The molecule has 8 nitrogen and oxygen atoms in total. The lowest BCUT2D eigenvalue weighted by Crippen LogP contribution is -2.23. The summed E-state index contributed by atoms with van der Waals surface area (Å²) >= 11 is 1.31. The first kappa shape index (κ1) is 21.6. The first-order chi connectivity index (χ1) is 18.1. The maximum atomic E-state index is 13.3. The molecule has 9 heteroatoms. The molecule has 1 unspecified atom stereocenters. The largest absolute Gasteiger partial charge is 0.490 e. The van der Waals surface area contributed by atoms with Gasteiger partial charge in [-0.1, -0.05) is 29.5 Å². The third-order valence-corrected chi connectivity index (χ3v) is 7.30. The molecule has 0 N–H and O–H groups in total. The Morgan fingerprint density at radius 3 is 2.68 bits per heavy atom. The molecule has 1 aliphatic heterocycles. The van der Waals surface area contributed by atoms with Crippen molar-refractivity contribution in [3.63, 3.8) is 0 Å². The number of rotatable bonds is 4. The van der Waals surface area contributed by atoms with Crippen molar-refractivity contribution in [3.8, 4) is 34.1 Å². The summed E-state index contributed by atoms with van der Waals surface area (Å²) in [4.78, 5) is 22.4. The maximum Gasteiger partial charge on any atom is 0.291 e. The first-order valence-corrected chi connectivity index (χ1v) is 12.7. The molecular weight excluding hydrogens is 484 g/mol. The highest BCUT2D eigenvalue weighted by Gasteiger charge is 2.21. The van der Waals surface area contributed by atoms with E-state index in [1.165, 1.54) is 15.9 Å². The quantitative estimate of drug-likeness (QED) is 0.362. The van der Waals surface area contributed by atoms with Crippen LogP contribution in [0.2, 0.25) is 0 Å². The van der Waals surface area contributed by atoms with Crippen molar-refractivity contribution in [1.82, 2.24) is 29.4 Å². The van der Waals surface area contributed by atoms with Gasteiger partial charge < -0.3 is 4.74 Å². The van der Waals surface area contributed by atoms with Crippen molar-refractivity contribution in [2.75, 3.05) is 0 Å². The summed E-state index contributed by atoms with van der Waals surface area (Å²) < 4.78 is 9.64. The Labute approximate surface area is 215 Å². The topological polar surface area (TPSA) is 87.2 Å². The average Bonchev–Trinajstić information content (AvgIpc) is 3.69. The van der Waals surface area contributed by atoms with Crippen LogP contribution in [-0.4, -0.2) is 35.5 Å². The van der Waals surface area contributed by atoms with Gasteiger partial charge in [0.1, 0.15) is 17.5 Å². The summed E-state index contributed by atoms with van der Waals surface area (Å²) in [5.74, 6) is 1.42. The predicted octanol–water partition coefficient (Wildman–Crippen LogP) is 3.94. The number of pyridine rings is 1. The third-order valence-electron chi connectivity index (χ3n) is 6.34. The van der Waals surface area contributed by atoms with Crippen LogP contribution in [-0.2, 0) is 6.42 Å². The highest BCUT2D eigenvalue weighted by atomic mass is 32.1. The van der Waals surface area contributed by atoms with E-state index in [0.717, 1.165) is 45.8 Å². The van der Waals surface area contributed by atoms with Crippen LogP contribution in [0.3, 0.4) is 0 Å². The van der Waals surface area contributed by atoms with E-state index < -0.39 is 0 Å². The van der Waals surface area contributed by atoms with Gasteiger partial charge in [-0.3, -0.25) is 9.78 Å². The Morgan fingerprint density at radius 1 is 1.03 bits per heavy atom. The molecule has 4 aromatic heterocycles. The van der Waals surface area contributed by atoms with Crippen molar-refractivity contribution < 1.29 is 4.74 Å². The van der Waals surface area contributed by atoms with Gasteiger partial charge in [0.05, 0.1) is 10.2 Å². The maximum absolute atomic E-state index is 13.3. The van der Waals surface area contributed by atoms with E-state index in [1.54, 1.807) is 12.4 Å². The summed E-state index contributed by atoms with van der Waals surface area (Å²) in [5, 5.41) is 9.37. The summed E-state index contributed by atoms with van der Waals surface area (Å²) in [6, 6.07) is 19.7. The Balaban J connectivity index is 1.37. The van der Waals surface area contributed by atoms with E-state index in [4.69, 9.17) is 9.84 Å². The molecule has 0 radical (unpaired) electrons. The van der Waals surface area contributed by atoms with E-state index in [9.17, 15) is 4.79 Å². The number of aromatic nitrogens is 6. The lowest BCUT2D eigenvalue weighted by Gasteiger charge is -2.04. The van der Waals surface area contributed by atoms with E-state index >= 15 is 0 Å². The van der Waals surface area contributed by atoms with Gasteiger partial charge in [-0.05, 0) is 61.0 Å². The second-order valence-electron chi connectivity index (χ2n) is 8.95. The fraction of sp³-hybridized carbons (Fsp3) is 0.107. The van der Waals surface area contributed by atoms with Crippen LogP contribution in [0.1, 0.15) is 18.1 Å². The Hall–Kier alpha value is -4.63. The van der Waals surface area contributed by atoms with E-state index in [1.807, 2.05) is 71.6 Å². The summed E-state index contributed by atoms with van der Waals surface area (Å²) in [7, 11) is 0. The molecule has 6 aromatic rings. The van der Waals surface area contributed by atoms with Crippen LogP contribution in [0.15, 0.2) is 84.0 Å². The monoisotopic (exact) mass is 504 g/mol. The van der Waals surface area contributed by atoms with Crippen LogP contribution >= 0.6 is 11.3 Å². The van der Waals surface area contributed by atoms with Gasteiger partial charge in [-0.2, -0.15) is 14.6 Å². The van der Waals surface area contributed by atoms with Crippen molar-refractivity contribution in [1.29, 1.82) is 0 Å². The molecular formula is C28H20N6O2S. The normalized spacial score (nSPS) is 15.3. The summed E-state index contributed by atoms with van der Waals surface area (Å²) in [6.07, 6.45) is 8.21. The minimum Gasteiger partial charge on any atom is -0.490 e. The number of nitrogens with zero attached hydrogens (tertiary/aromatic N) is 6. The number of para-hydroxylation sites is 1. The number of hydrogen-bond acceptors (Lipinski definition) is 7. The van der Waals surface area contributed by atoms with Crippen LogP contribution < -0.4 is 14.8 Å². The van der Waals surface area contributed by atoms with E-state index in [-0.39, 0.29) is 11.7 Å². The fourth-order valence-electron chi connectivity index (χ4n) is 4.60. The zero-order valence-corrected chi connectivity index (χ0v) is 20.6. The number of fused-ring (bicyclic) bond motifs is 2. The van der Waals surface area contributed by atoms with Gasteiger partial charge in [0.15, 0.2) is 5.82 Å². The lowest BCUT2D eigenvalue weighted by atomic mass is 10.0. The molecule has 0 amide bonds. The van der Waals surface area contributed by atoms with E-state index in [2.05, 4.69) is 28.1 Å². The molecule has 0 saturated carbocycles. The SMILES string of the molecule is CC1Cc2cc(-c3nn(-c4ccccc4)cc3/C=c3\sc4nc(-c5ccncc5)nn4c3=O)ccc2O1. The molecule has 1 atom stereocenters. The molecule has 0 bridgehead atoms. The molecule has 0 aliphatic carbocycles. The van der Waals surface area contributed by atoms with Gasteiger partial charge in [-0.15, -0.1) is 5.10 Å². The van der Waals surface area contributed by atoms with Crippen molar-refractivity contribution in [2.45, 2.75) is 19.4 Å². The van der Waals surface area contributed by atoms with Gasteiger partial charge >= 0.3 is 0 Å². The highest BCUT2D eigenvalue weighted by Crippen LogP contribution is 2.34. The van der Waals surface area contributed by atoms with Crippen LogP contribution in [0.25, 0.3) is 39.4 Å². The predicted molar refractivity (Wildman–Crippen MR) is 142 cm³/mol. The molecule has 180 valence electrons. The number of benzene rings is 2. The molecule has 0 spiro atoms. The van der Waals surface area contributed by atoms with Crippen molar-refractivity contribution in [3.05, 3.63) is 105 Å². The molecule has 5 heterocycles. The Kier molecular flexibility index (Phi) is 4.97. The van der Waals surface area contributed by atoms with Gasteiger partial charge in [-0.25, -0.2) is 4.68 Å². The van der Waals surface area contributed by atoms with Crippen LogP contribution in [0.5, 0.6) is 5.75 Å². The smallest absolute Gasteiger partial charge is 0.291 e. The minimum absolute atomic E-state index is 0.160. The Morgan fingerprint density at radius 2 is 1.86 bits per heavy atom. The molecule has 37 heavy (non-hydrogen) atoms. The Bertz CT molecular complexity index is 1870. The molecule has 2 aromatic carbocycles. The molecule has 0 saturated heterocycles.